The molecule has 0 saturated heterocycles. The van der Waals surface area contributed by atoms with E-state index in [0.29, 0.717) is 5.56 Å². The van der Waals surface area contributed by atoms with Crippen LogP contribution < -0.4 is 5.32 Å². The SMILES string of the molecule is N#C/C(=C\c1ccc(F)cc1)C(=O)NC1CCCCC1. The number of hydrogen-bond acceptors (Lipinski definition) is 2. The topological polar surface area (TPSA) is 52.9 Å². The average molecular weight is 272 g/mol. The highest BCUT2D eigenvalue weighted by atomic mass is 19.1. The zero-order chi connectivity index (χ0) is 14.4. The smallest absolute Gasteiger partial charge is 0.262 e. The zero-order valence-electron chi connectivity index (χ0n) is 11.2. The summed E-state index contributed by atoms with van der Waals surface area (Å²) < 4.78 is 12.8. The van der Waals surface area contributed by atoms with Crippen LogP contribution in [-0.4, -0.2) is 11.9 Å². The fourth-order valence-electron chi connectivity index (χ4n) is 2.38. The maximum atomic E-state index is 12.8. The Hall–Kier alpha value is -2.15. The Morgan fingerprint density at radius 2 is 1.90 bits per heavy atom. The lowest BCUT2D eigenvalue weighted by Gasteiger charge is -2.22. The number of amides is 1. The van der Waals surface area contributed by atoms with E-state index in [9.17, 15) is 9.18 Å². The summed E-state index contributed by atoms with van der Waals surface area (Å²) in [5, 5.41) is 12.0. The summed E-state index contributed by atoms with van der Waals surface area (Å²) >= 11 is 0. The van der Waals surface area contributed by atoms with E-state index in [-0.39, 0.29) is 23.3 Å². The lowest BCUT2D eigenvalue weighted by Crippen LogP contribution is -2.36. The first kappa shape index (κ1) is 14.3. The van der Waals surface area contributed by atoms with E-state index in [0.717, 1.165) is 25.7 Å². The van der Waals surface area contributed by atoms with Gasteiger partial charge in [0.25, 0.3) is 5.91 Å². The normalized spacial score (nSPS) is 16.5. The van der Waals surface area contributed by atoms with Crippen molar-refractivity contribution in [2.24, 2.45) is 0 Å². The fourth-order valence-corrected chi connectivity index (χ4v) is 2.38. The van der Waals surface area contributed by atoms with Crippen LogP contribution in [0.1, 0.15) is 37.7 Å². The summed E-state index contributed by atoms with van der Waals surface area (Å²) in [6.45, 7) is 0. The molecule has 0 aliphatic heterocycles. The van der Waals surface area contributed by atoms with E-state index in [1.807, 2.05) is 6.07 Å². The Balaban J connectivity index is 2.05. The Kier molecular flexibility index (Phi) is 4.89. The molecule has 1 N–H and O–H groups in total. The summed E-state index contributed by atoms with van der Waals surface area (Å²) in [6.07, 6.45) is 6.88. The minimum atomic E-state index is -0.344. The Bertz CT molecular complexity index is 537. The number of carbonyl (C=O) groups excluding carboxylic acids is 1. The van der Waals surface area contributed by atoms with E-state index >= 15 is 0 Å². The molecule has 0 heterocycles. The van der Waals surface area contributed by atoms with Gasteiger partial charge in [0.1, 0.15) is 17.5 Å². The second kappa shape index (κ2) is 6.85. The van der Waals surface area contributed by atoms with Crippen LogP contribution >= 0.6 is 0 Å². The summed E-state index contributed by atoms with van der Waals surface area (Å²) in [5.74, 6) is -0.684. The van der Waals surface area contributed by atoms with Gasteiger partial charge in [0.05, 0.1) is 0 Å². The second-order valence-electron chi connectivity index (χ2n) is 5.03. The van der Waals surface area contributed by atoms with Crippen LogP contribution in [0.4, 0.5) is 4.39 Å². The number of rotatable bonds is 3. The van der Waals surface area contributed by atoms with Gasteiger partial charge in [0, 0.05) is 6.04 Å². The van der Waals surface area contributed by atoms with Crippen LogP contribution in [0.15, 0.2) is 29.8 Å². The molecule has 20 heavy (non-hydrogen) atoms. The maximum absolute atomic E-state index is 12.8. The predicted octanol–water partition coefficient (Wildman–Crippen LogP) is 3.18. The largest absolute Gasteiger partial charge is 0.349 e. The molecule has 0 spiro atoms. The molecule has 4 heteroatoms. The van der Waals surface area contributed by atoms with Crippen LogP contribution in [0, 0.1) is 17.1 Å². The van der Waals surface area contributed by atoms with E-state index in [1.54, 1.807) is 12.1 Å². The Morgan fingerprint density at radius 1 is 1.25 bits per heavy atom. The van der Waals surface area contributed by atoms with Crippen LogP contribution in [0.25, 0.3) is 6.08 Å². The molecule has 1 fully saturated rings. The van der Waals surface area contributed by atoms with Gasteiger partial charge < -0.3 is 5.32 Å². The van der Waals surface area contributed by atoms with Crippen LogP contribution in [-0.2, 0) is 4.79 Å². The molecule has 104 valence electrons. The van der Waals surface area contributed by atoms with Crippen LogP contribution in [0.2, 0.25) is 0 Å². The van der Waals surface area contributed by atoms with Crippen LogP contribution in [0.5, 0.6) is 0 Å². The quantitative estimate of drug-likeness (QED) is 0.678. The summed E-state index contributed by atoms with van der Waals surface area (Å²) in [5.41, 5.74) is 0.698. The molecule has 0 radical (unpaired) electrons. The van der Waals surface area contributed by atoms with Gasteiger partial charge in [-0.05, 0) is 36.6 Å². The highest BCUT2D eigenvalue weighted by Crippen LogP contribution is 2.18. The molecule has 0 unspecified atom stereocenters. The first-order valence-corrected chi connectivity index (χ1v) is 6.87. The maximum Gasteiger partial charge on any atom is 0.262 e. The van der Waals surface area contributed by atoms with Gasteiger partial charge in [-0.15, -0.1) is 0 Å². The van der Waals surface area contributed by atoms with Crippen molar-refractivity contribution < 1.29 is 9.18 Å². The highest BCUT2D eigenvalue weighted by Gasteiger charge is 2.17. The molecule has 1 amide bonds. The van der Waals surface area contributed by atoms with Gasteiger partial charge in [-0.2, -0.15) is 5.26 Å². The number of hydrogen-bond donors (Lipinski definition) is 1. The summed E-state index contributed by atoms with van der Waals surface area (Å²) in [7, 11) is 0. The third kappa shape index (κ3) is 3.92. The van der Waals surface area contributed by atoms with Crippen molar-refractivity contribution >= 4 is 12.0 Å². The van der Waals surface area contributed by atoms with Gasteiger partial charge in [0.15, 0.2) is 0 Å². The molecule has 0 bridgehead atoms. The standard InChI is InChI=1S/C16H17FN2O/c17-14-8-6-12(7-9-14)10-13(11-18)16(20)19-15-4-2-1-3-5-15/h6-10,15H,1-5H2,(H,19,20)/b13-10+. The van der Waals surface area contributed by atoms with Crippen molar-refractivity contribution in [1.82, 2.24) is 5.32 Å². The molecular formula is C16H17FN2O. The molecule has 1 aromatic rings. The minimum absolute atomic E-state index is 0.0576. The van der Waals surface area contributed by atoms with E-state index in [2.05, 4.69) is 5.32 Å². The van der Waals surface area contributed by atoms with Gasteiger partial charge in [0.2, 0.25) is 0 Å². The monoisotopic (exact) mass is 272 g/mol. The van der Waals surface area contributed by atoms with Crippen molar-refractivity contribution in [1.29, 1.82) is 5.26 Å². The summed E-state index contributed by atoms with van der Waals surface area (Å²) in [6, 6.07) is 7.77. The lowest BCUT2D eigenvalue weighted by molar-refractivity contribution is -0.117. The fraction of sp³-hybridized carbons (Fsp3) is 0.375. The molecule has 1 aromatic carbocycles. The number of benzene rings is 1. The first-order valence-electron chi connectivity index (χ1n) is 6.87. The molecular weight excluding hydrogens is 255 g/mol. The van der Waals surface area contributed by atoms with Crippen molar-refractivity contribution in [2.45, 2.75) is 38.1 Å². The number of nitrogens with one attached hydrogen (secondary N) is 1. The van der Waals surface area contributed by atoms with Crippen molar-refractivity contribution in [2.75, 3.05) is 0 Å². The molecule has 1 aliphatic carbocycles. The average Bonchev–Trinajstić information content (AvgIpc) is 2.47. The highest BCUT2D eigenvalue weighted by molar-refractivity contribution is 6.01. The molecule has 0 aromatic heterocycles. The van der Waals surface area contributed by atoms with Crippen molar-refractivity contribution in [3.05, 3.63) is 41.2 Å². The van der Waals surface area contributed by atoms with E-state index < -0.39 is 0 Å². The van der Waals surface area contributed by atoms with Crippen LogP contribution in [0.3, 0.4) is 0 Å². The van der Waals surface area contributed by atoms with Gasteiger partial charge in [-0.1, -0.05) is 31.4 Å². The molecule has 1 aliphatic rings. The molecule has 1 saturated carbocycles. The third-order valence-electron chi connectivity index (χ3n) is 3.49. The van der Waals surface area contributed by atoms with Crippen molar-refractivity contribution in [3.8, 4) is 6.07 Å². The number of nitriles is 1. The molecule has 2 rings (SSSR count). The van der Waals surface area contributed by atoms with Crippen molar-refractivity contribution in [3.63, 3.8) is 0 Å². The number of nitrogens with zero attached hydrogens (tertiary/aromatic N) is 1. The van der Waals surface area contributed by atoms with E-state index in [4.69, 9.17) is 5.26 Å². The number of halogens is 1. The minimum Gasteiger partial charge on any atom is -0.349 e. The van der Waals surface area contributed by atoms with Gasteiger partial charge >= 0.3 is 0 Å². The third-order valence-corrected chi connectivity index (χ3v) is 3.49. The second-order valence-corrected chi connectivity index (χ2v) is 5.03. The molecule has 3 nitrogen and oxygen atoms in total. The first-order chi connectivity index (χ1) is 9.69. The number of carbonyl (C=O) groups is 1. The Morgan fingerprint density at radius 3 is 2.50 bits per heavy atom. The zero-order valence-corrected chi connectivity index (χ0v) is 11.2. The lowest BCUT2D eigenvalue weighted by atomic mass is 9.95. The summed E-state index contributed by atoms with van der Waals surface area (Å²) in [4.78, 5) is 12.0. The predicted molar refractivity (Wildman–Crippen MR) is 75.0 cm³/mol. The Labute approximate surface area is 118 Å². The van der Waals surface area contributed by atoms with E-state index in [1.165, 1.54) is 24.6 Å². The molecule has 0 atom stereocenters. The van der Waals surface area contributed by atoms with Gasteiger partial charge in [-0.3, -0.25) is 4.79 Å². The van der Waals surface area contributed by atoms with Gasteiger partial charge in [-0.25, -0.2) is 4.39 Å².